The Morgan fingerprint density at radius 3 is 2.29 bits per heavy atom. The molecule has 0 aliphatic carbocycles. The summed E-state index contributed by atoms with van der Waals surface area (Å²) in [5, 5.41) is 12.8. The highest BCUT2D eigenvalue weighted by molar-refractivity contribution is 8.00. The highest BCUT2D eigenvalue weighted by Crippen LogP contribution is 2.28. The number of nitro groups is 1. The number of ether oxygens (including phenoxy) is 3. The second kappa shape index (κ2) is 11.2. The van der Waals surface area contributed by atoms with Crippen LogP contribution in [0.5, 0.6) is 11.5 Å². The van der Waals surface area contributed by atoms with E-state index < -0.39 is 28.2 Å². The molecule has 1 N–H and O–H groups in total. The lowest BCUT2D eigenvalue weighted by Crippen LogP contribution is -2.36. The Labute approximate surface area is 184 Å². The van der Waals surface area contributed by atoms with Crippen LogP contribution in [0.2, 0.25) is 0 Å². The maximum absolute atomic E-state index is 12.3. The normalized spacial score (nSPS) is 12.4. The van der Waals surface area contributed by atoms with Crippen LogP contribution in [0.4, 0.5) is 5.69 Å². The Morgan fingerprint density at radius 1 is 1.06 bits per heavy atom. The molecule has 10 heteroatoms. The van der Waals surface area contributed by atoms with Gasteiger partial charge in [-0.05, 0) is 43.7 Å². The monoisotopic (exact) mass is 448 g/mol. The van der Waals surface area contributed by atoms with Crippen molar-refractivity contribution in [3.8, 4) is 11.5 Å². The first-order valence-electron chi connectivity index (χ1n) is 9.35. The summed E-state index contributed by atoms with van der Waals surface area (Å²) in [6.07, 6.45) is -0.979. The van der Waals surface area contributed by atoms with Gasteiger partial charge in [-0.1, -0.05) is 6.07 Å². The van der Waals surface area contributed by atoms with Gasteiger partial charge in [-0.3, -0.25) is 19.7 Å². The lowest BCUT2D eigenvalue weighted by atomic mass is 10.2. The molecule has 1 amide bonds. The molecule has 0 aliphatic rings. The molecular weight excluding hydrogens is 424 g/mol. The van der Waals surface area contributed by atoms with Gasteiger partial charge in [-0.25, -0.2) is 0 Å². The van der Waals surface area contributed by atoms with Crippen LogP contribution in [-0.4, -0.2) is 42.4 Å². The van der Waals surface area contributed by atoms with E-state index in [9.17, 15) is 19.7 Å². The summed E-state index contributed by atoms with van der Waals surface area (Å²) in [5.41, 5.74) is 0.769. The Hall–Kier alpha value is -3.27. The summed E-state index contributed by atoms with van der Waals surface area (Å²) in [7, 11) is 3.06. The minimum Gasteiger partial charge on any atom is -0.493 e. The van der Waals surface area contributed by atoms with Crippen LogP contribution in [0.15, 0.2) is 47.4 Å². The van der Waals surface area contributed by atoms with Crippen LogP contribution in [-0.2, 0) is 20.9 Å². The number of nitro benzene ring substituents is 1. The van der Waals surface area contributed by atoms with E-state index in [1.54, 1.807) is 37.3 Å². The van der Waals surface area contributed by atoms with Crippen molar-refractivity contribution in [3.05, 3.63) is 58.1 Å². The minimum absolute atomic E-state index is 0.0284. The molecule has 2 rings (SSSR count). The molecule has 0 heterocycles. The molecule has 0 aliphatic heterocycles. The van der Waals surface area contributed by atoms with Gasteiger partial charge in [0.15, 0.2) is 17.6 Å². The number of rotatable bonds is 10. The molecule has 2 aromatic rings. The van der Waals surface area contributed by atoms with E-state index in [0.717, 1.165) is 5.56 Å². The predicted molar refractivity (Wildman–Crippen MR) is 115 cm³/mol. The van der Waals surface area contributed by atoms with Crippen molar-refractivity contribution in [2.75, 3.05) is 14.2 Å². The Bertz CT molecular complexity index is 934. The number of hydrogen-bond donors (Lipinski definition) is 1. The largest absolute Gasteiger partial charge is 0.493 e. The molecule has 0 saturated carbocycles. The average Bonchev–Trinajstić information content (AvgIpc) is 2.77. The molecule has 0 radical (unpaired) electrons. The number of amides is 1. The van der Waals surface area contributed by atoms with E-state index in [-0.39, 0.29) is 12.2 Å². The topological polar surface area (TPSA) is 117 Å². The first-order chi connectivity index (χ1) is 14.7. The third-order valence-electron chi connectivity index (χ3n) is 4.27. The first-order valence-corrected chi connectivity index (χ1v) is 10.2. The van der Waals surface area contributed by atoms with Crippen LogP contribution >= 0.6 is 11.8 Å². The molecule has 166 valence electrons. The smallest absolute Gasteiger partial charge is 0.319 e. The van der Waals surface area contributed by atoms with Gasteiger partial charge >= 0.3 is 5.97 Å². The molecule has 0 aromatic heterocycles. The summed E-state index contributed by atoms with van der Waals surface area (Å²) >= 11 is 1.19. The molecular formula is C21H24N2O7S. The third-order valence-corrected chi connectivity index (χ3v) is 5.36. The molecule has 2 unspecified atom stereocenters. The van der Waals surface area contributed by atoms with Gasteiger partial charge in [-0.2, -0.15) is 0 Å². The van der Waals surface area contributed by atoms with E-state index >= 15 is 0 Å². The summed E-state index contributed by atoms with van der Waals surface area (Å²) in [6, 6.07) is 11.1. The number of carbonyl (C=O) groups is 2. The maximum atomic E-state index is 12.3. The zero-order valence-corrected chi connectivity index (χ0v) is 18.4. The van der Waals surface area contributed by atoms with E-state index in [1.165, 1.54) is 45.0 Å². The van der Waals surface area contributed by atoms with E-state index in [2.05, 4.69) is 5.32 Å². The number of methoxy groups -OCH3 is 2. The van der Waals surface area contributed by atoms with Crippen LogP contribution in [0.3, 0.4) is 0 Å². The molecule has 31 heavy (non-hydrogen) atoms. The fourth-order valence-corrected chi connectivity index (χ4v) is 3.40. The Balaban J connectivity index is 1.85. The molecule has 0 saturated heterocycles. The number of non-ortho nitro benzene ring substituents is 1. The van der Waals surface area contributed by atoms with Gasteiger partial charge in [-0.15, -0.1) is 11.8 Å². The molecule has 0 bridgehead atoms. The van der Waals surface area contributed by atoms with Gasteiger partial charge in [0.25, 0.3) is 11.6 Å². The summed E-state index contributed by atoms with van der Waals surface area (Å²) in [5.74, 6) is 0.137. The second-order valence-corrected chi connectivity index (χ2v) is 7.91. The van der Waals surface area contributed by atoms with Crippen molar-refractivity contribution in [3.63, 3.8) is 0 Å². The van der Waals surface area contributed by atoms with E-state index in [0.29, 0.717) is 16.4 Å². The fourth-order valence-electron chi connectivity index (χ4n) is 2.55. The summed E-state index contributed by atoms with van der Waals surface area (Å²) in [6.45, 7) is 3.36. The van der Waals surface area contributed by atoms with Crippen LogP contribution < -0.4 is 14.8 Å². The zero-order chi connectivity index (χ0) is 23.0. The van der Waals surface area contributed by atoms with E-state index in [1.807, 2.05) is 0 Å². The lowest BCUT2D eigenvalue weighted by Gasteiger charge is -2.17. The van der Waals surface area contributed by atoms with Crippen molar-refractivity contribution in [2.45, 2.75) is 36.6 Å². The zero-order valence-electron chi connectivity index (χ0n) is 17.6. The number of esters is 1. The van der Waals surface area contributed by atoms with E-state index in [4.69, 9.17) is 14.2 Å². The summed E-state index contributed by atoms with van der Waals surface area (Å²) in [4.78, 5) is 35.5. The molecule has 0 fully saturated rings. The minimum atomic E-state index is -0.979. The van der Waals surface area contributed by atoms with Gasteiger partial charge < -0.3 is 19.5 Å². The highest BCUT2D eigenvalue weighted by Gasteiger charge is 2.23. The molecule has 0 spiro atoms. The van der Waals surface area contributed by atoms with Crippen molar-refractivity contribution >= 4 is 29.3 Å². The number of thioether (sulfide) groups is 1. The van der Waals surface area contributed by atoms with Crippen LogP contribution in [0, 0.1) is 10.1 Å². The highest BCUT2D eigenvalue weighted by atomic mass is 32.2. The number of nitrogens with zero attached hydrogens (tertiary/aromatic N) is 1. The van der Waals surface area contributed by atoms with Gasteiger partial charge in [0.2, 0.25) is 0 Å². The van der Waals surface area contributed by atoms with Crippen molar-refractivity contribution in [1.82, 2.24) is 5.32 Å². The lowest BCUT2D eigenvalue weighted by molar-refractivity contribution is -0.384. The second-order valence-electron chi connectivity index (χ2n) is 6.50. The SMILES string of the molecule is COc1ccc(CNC(=O)C(C)OC(=O)C(C)Sc2ccc([N+](=O)[O-])cc2)cc1OC. The Kier molecular flexibility index (Phi) is 8.68. The van der Waals surface area contributed by atoms with Gasteiger partial charge in [0.05, 0.1) is 19.1 Å². The van der Waals surface area contributed by atoms with Crippen LogP contribution in [0.25, 0.3) is 0 Å². The average molecular weight is 448 g/mol. The van der Waals surface area contributed by atoms with Gasteiger partial charge in [0, 0.05) is 23.6 Å². The molecule has 2 atom stereocenters. The third kappa shape index (κ3) is 6.88. The number of hydrogen-bond acceptors (Lipinski definition) is 8. The number of benzene rings is 2. The number of nitrogens with one attached hydrogen (secondary N) is 1. The van der Waals surface area contributed by atoms with Crippen LogP contribution in [0.1, 0.15) is 19.4 Å². The molecule has 2 aromatic carbocycles. The maximum Gasteiger partial charge on any atom is 0.319 e. The first kappa shape index (κ1) is 24.0. The Morgan fingerprint density at radius 2 is 1.71 bits per heavy atom. The standard InChI is InChI=1S/C21H24N2O7S/c1-13(20(24)22-12-15-5-10-18(28-3)19(11-15)29-4)30-21(25)14(2)31-17-8-6-16(7-9-17)23(26)27/h5-11,13-14H,12H2,1-4H3,(H,22,24). The number of carbonyl (C=O) groups excluding carboxylic acids is 2. The predicted octanol–water partition coefficient (Wildman–Crippen LogP) is 3.34. The quantitative estimate of drug-likeness (QED) is 0.255. The summed E-state index contributed by atoms with van der Waals surface area (Å²) < 4.78 is 15.7. The van der Waals surface area contributed by atoms with Crippen molar-refractivity contribution in [1.29, 1.82) is 0 Å². The van der Waals surface area contributed by atoms with Gasteiger partial charge in [0.1, 0.15) is 5.25 Å². The van der Waals surface area contributed by atoms with Crippen molar-refractivity contribution < 1.29 is 28.7 Å². The fraction of sp³-hybridized carbons (Fsp3) is 0.333. The van der Waals surface area contributed by atoms with Crippen molar-refractivity contribution in [2.24, 2.45) is 0 Å². The molecule has 9 nitrogen and oxygen atoms in total.